The fraction of sp³-hybridized carbons (Fsp3) is 0.167. The van der Waals surface area contributed by atoms with Crippen molar-refractivity contribution in [3.8, 4) is 6.07 Å². The Hall–Kier alpha value is -1.80. The van der Waals surface area contributed by atoms with Crippen LogP contribution in [0.4, 0.5) is 5.69 Å². The predicted octanol–water partition coefficient (Wildman–Crippen LogP) is 2.67. The van der Waals surface area contributed by atoms with Gasteiger partial charge in [0.15, 0.2) is 0 Å². The molecule has 0 aliphatic carbocycles. The van der Waals surface area contributed by atoms with Crippen LogP contribution >= 0.6 is 15.9 Å². The van der Waals surface area contributed by atoms with Crippen molar-refractivity contribution in [2.24, 2.45) is 7.05 Å². The van der Waals surface area contributed by atoms with Gasteiger partial charge in [-0.1, -0.05) is 0 Å². The third-order valence-corrected chi connectivity index (χ3v) is 2.87. The first-order chi connectivity index (χ1) is 8.19. The Kier molecular flexibility index (Phi) is 3.45. The van der Waals surface area contributed by atoms with Gasteiger partial charge in [-0.3, -0.25) is 0 Å². The normalized spacial score (nSPS) is 9.94. The SMILES string of the molecule is Cn1cc(CNc2ccc(Br)nc2)cc1C#N. The summed E-state index contributed by atoms with van der Waals surface area (Å²) in [5.74, 6) is 0. The predicted molar refractivity (Wildman–Crippen MR) is 69.4 cm³/mol. The molecule has 0 unspecified atom stereocenters. The Morgan fingerprint density at radius 3 is 2.94 bits per heavy atom. The molecule has 0 bridgehead atoms. The maximum atomic E-state index is 8.84. The largest absolute Gasteiger partial charge is 0.380 e. The zero-order chi connectivity index (χ0) is 12.3. The number of aryl methyl sites for hydroxylation is 1. The number of nitrogens with zero attached hydrogens (tertiary/aromatic N) is 3. The summed E-state index contributed by atoms with van der Waals surface area (Å²) in [5, 5.41) is 12.1. The van der Waals surface area contributed by atoms with Gasteiger partial charge in [0.2, 0.25) is 0 Å². The minimum Gasteiger partial charge on any atom is -0.380 e. The van der Waals surface area contributed by atoms with Crippen LogP contribution in [0.2, 0.25) is 0 Å². The smallest absolute Gasteiger partial charge is 0.120 e. The molecule has 0 fully saturated rings. The minimum absolute atomic E-state index is 0.663. The van der Waals surface area contributed by atoms with E-state index in [2.05, 4.69) is 32.3 Å². The zero-order valence-corrected chi connectivity index (χ0v) is 10.9. The van der Waals surface area contributed by atoms with Crippen LogP contribution in [0, 0.1) is 11.3 Å². The summed E-state index contributed by atoms with van der Waals surface area (Å²) in [4.78, 5) is 4.13. The monoisotopic (exact) mass is 290 g/mol. The first-order valence-electron chi connectivity index (χ1n) is 5.10. The van der Waals surface area contributed by atoms with E-state index in [1.165, 1.54) is 0 Å². The lowest BCUT2D eigenvalue weighted by molar-refractivity contribution is 0.902. The Morgan fingerprint density at radius 1 is 1.53 bits per heavy atom. The van der Waals surface area contributed by atoms with E-state index in [9.17, 15) is 0 Å². The van der Waals surface area contributed by atoms with Crippen molar-refractivity contribution in [2.45, 2.75) is 6.54 Å². The van der Waals surface area contributed by atoms with Gasteiger partial charge in [0.05, 0.1) is 11.9 Å². The maximum Gasteiger partial charge on any atom is 0.120 e. The summed E-state index contributed by atoms with van der Waals surface area (Å²) in [6.45, 7) is 0.679. The number of hydrogen-bond donors (Lipinski definition) is 1. The summed E-state index contributed by atoms with van der Waals surface area (Å²) in [5.41, 5.74) is 2.69. The van der Waals surface area contributed by atoms with Crippen LogP contribution in [0.1, 0.15) is 11.3 Å². The van der Waals surface area contributed by atoms with Crippen molar-refractivity contribution < 1.29 is 0 Å². The second-order valence-electron chi connectivity index (χ2n) is 3.68. The number of hydrogen-bond acceptors (Lipinski definition) is 3. The molecule has 0 atom stereocenters. The van der Waals surface area contributed by atoms with Gasteiger partial charge in [0, 0.05) is 19.8 Å². The van der Waals surface area contributed by atoms with Gasteiger partial charge >= 0.3 is 0 Å². The lowest BCUT2D eigenvalue weighted by atomic mass is 10.3. The number of aromatic nitrogens is 2. The van der Waals surface area contributed by atoms with E-state index in [1.807, 2.05) is 36.0 Å². The summed E-state index contributed by atoms with van der Waals surface area (Å²) in [7, 11) is 1.86. The summed E-state index contributed by atoms with van der Waals surface area (Å²) in [6, 6.07) is 7.84. The molecule has 2 aromatic rings. The quantitative estimate of drug-likeness (QED) is 0.885. The van der Waals surface area contributed by atoms with Crippen molar-refractivity contribution in [2.75, 3.05) is 5.32 Å². The number of rotatable bonds is 3. The summed E-state index contributed by atoms with van der Waals surface area (Å²) in [6.07, 6.45) is 3.70. The molecule has 0 aromatic carbocycles. The van der Waals surface area contributed by atoms with Gasteiger partial charge < -0.3 is 9.88 Å². The molecule has 17 heavy (non-hydrogen) atoms. The highest BCUT2D eigenvalue weighted by molar-refractivity contribution is 9.10. The molecule has 86 valence electrons. The van der Waals surface area contributed by atoms with E-state index in [1.54, 1.807) is 6.20 Å². The second kappa shape index (κ2) is 5.02. The van der Waals surface area contributed by atoms with Gasteiger partial charge in [-0.05, 0) is 39.7 Å². The summed E-state index contributed by atoms with van der Waals surface area (Å²) >= 11 is 3.29. The fourth-order valence-electron chi connectivity index (χ4n) is 1.53. The zero-order valence-electron chi connectivity index (χ0n) is 9.31. The average molecular weight is 291 g/mol. The molecule has 0 radical (unpaired) electrons. The maximum absolute atomic E-state index is 8.84. The molecule has 0 spiro atoms. The Labute approximate surface area is 108 Å². The van der Waals surface area contributed by atoms with Crippen LogP contribution in [-0.4, -0.2) is 9.55 Å². The Balaban J connectivity index is 2.02. The van der Waals surface area contributed by atoms with E-state index in [0.29, 0.717) is 12.2 Å². The van der Waals surface area contributed by atoms with Crippen LogP contribution in [0.15, 0.2) is 35.2 Å². The van der Waals surface area contributed by atoms with Gasteiger partial charge in [-0.25, -0.2) is 4.98 Å². The van der Waals surface area contributed by atoms with Crippen LogP contribution in [-0.2, 0) is 13.6 Å². The molecule has 1 N–H and O–H groups in total. The third-order valence-electron chi connectivity index (χ3n) is 2.40. The molecule has 0 amide bonds. The molecule has 0 saturated carbocycles. The molecule has 2 aromatic heterocycles. The van der Waals surface area contributed by atoms with Crippen LogP contribution in [0.5, 0.6) is 0 Å². The average Bonchev–Trinajstić information content (AvgIpc) is 2.69. The number of halogens is 1. The van der Waals surface area contributed by atoms with Crippen LogP contribution < -0.4 is 5.32 Å². The highest BCUT2D eigenvalue weighted by Gasteiger charge is 2.02. The first kappa shape index (κ1) is 11.7. The van der Waals surface area contributed by atoms with Gasteiger partial charge in [-0.15, -0.1) is 0 Å². The lowest BCUT2D eigenvalue weighted by Gasteiger charge is -2.03. The van der Waals surface area contributed by atoms with Crippen molar-refractivity contribution in [3.63, 3.8) is 0 Å². The number of nitriles is 1. The molecule has 0 saturated heterocycles. The standard InChI is InChI=1S/C12H11BrN4/c1-17-8-9(4-11(17)5-14)6-15-10-2-3-12(13)16-7-10/h2-4,7-8,15H,6H2,1H3. The van der Waals surface area contributed by atoms with E-state index in [4.69, 9.17) is 5.26 Å². The highest BCUT2D eigenvalue weighted by Crippen LogP contribution is 2.13. The second-order valence-corrected chi connectivity index (χ2v) is 4.49. The molecule has 0 aliphatic rings. The highest BCUT2D eigenvalue weighted by atomic mass is 79.9. The van der Waals surface area contributed by atoms with E-state index in [-0.39, 0.29) is 0 Å². The van der Waals surface area contributed by atoms with E-state index >= 15 is 0 Å². The van der Waals surface area contributed by atoms with Gasteiger partial charge in [0.25, 0.3) is 0 Å². The topological polar surface area (TPSA) is 53.6 Å². The van der Waals surface area contributed by atoms with E-state index < -0.39 is 0 Å². The van der Waals surface area contributed by atoms with Crippen molar-refractivity contribution in [1.82, 2.24) is 9.55 Å². The van der Waals surface area contributed by atoms with Crippen LogP contribution in [0.3, 0.4) is 0 Å². The van der Waals surface area contributed by atoms with Gasteiger partial charge in [0.1, 0.15) is 16.4 Å². The molecule has 0 aliphatic heterocycles. The molecular weight excluding hydrogens is 280 g/mol. The lowest BCUT2D eigenvalue weighted by Crippen LogP contribution is -1.98. The number of pyridine rings is 1. The van der Waals surface area contributed by atoms with Crippen LogP contribution in [0.25, 0.3) is 0 Å². The number of nitrogens with one attached hydrogen (secondary N) is 1. The fourth-order valence-corrected chi connectivity index (χ4v) is 1.76. The van der Waals surface area contributed by atoms with Crippen molar-refractivity contribution in [3.05, 3.63) is 46.5 Å². The summed E-state index contributed by atoms with van der Waals surface area (Å²) < 4.78 is 2.63. The Morgan fingerprint density at radius 2 is 2.35 bits per heavy atom. The third kappa shape index (κ3) is 2.86. The van der Waals surface area contributed by atoms with Crippen molar-refractivity contribution in [1.29, 1.82) is 5.26 Å². The Bertz CT molecular complexity index is 551. The van der Waals surface area contributed by atoms with Crippen molar-refractivity contribution >= 4 is 21.6 Å². The molecule has 2 rings (SSSR count). The molecular formula is C12H11BrN4. The van der Waals surface area contributed by atoms with Gasteiger partial charge in [-0.2, -0.15) is 5.26 Å². The number of anilines is 1. The minimum atomic E-state index is 0.663. The molecule has 2 heterocycles. The first-order valence-corrected chi connectivity index (χ1v) is 5.89. The molecule has 4 nitrogen and oxygen atoms in total. The van der Waals surface area contributed by atoms with E-state index in [0.717, 1.165) is 15.9 Å². The molecule has 5 heteroatoms.